The Morgan fingerprint density at radius 2 is 2.30 bits per heavy atom. The van der Waals surface area contributed by atoms with Gasteiger partial charge in [-0.1, -0.05) is 19.9 Å². The molecule has 10 heavy (non-hydrogen) atoms. The lowest BCUT2D eigenvalue weighted by Crippen LogP contribution is -1.93. The minimum atomic E-state index is 0.290. The van der Waals surface area contributed by atoms with Crippen molar-refractivity contribution in [3.8, 4) is 0 Å². The molecule has 0 aromatic rings. The Bertz CT molecular complexity index is 142. The number of carbonyl (C=O) groups excluding carboxylic acids is 1. The summed E-state index contributed by atoms with van der Waals surface area (Å²) in [4.78, 5) is 11.0. The predicted molar refractivity (Wildman–Crippen MR) is 41.8 cm³/mol. The largest absolute Gasteiger partial charge is 0.295 e. The maximum Gasteiger partial charge on any atom is 0.158 e. The molecule has 1 saturated carbocycles. The van der Waals surface area contributed by atoms with Crippen molar-refractivity contribution >= 4 is 5.78 Å². The van der Waals surface area contributed by atoms with Gasteiger partial charge < -0.3 is 0 Å². The maximum absolute atomic E-state index is 11.0. The average molecular weight is 138 g/mol. The molecule has 0 heterocycles. The quantitative estimate of drug-likeness (QED) is 0.535. The molecule has 0 radical (unpaired) electrons. The summed E-state index contributed by atoms with van der Waals surface area (Å²) < 4.78 is 0. The van der Waals surface area contributed by atoms with Gasteiger partial charge in [0.1, 0.15) is 0 Å². The van der Waals surface area contributed by atoms with Crippen LogP contribution in [0.3, 0.4) is 0 Å². The number of carbonyl (C=O) groups is 1. The Hall–Kier alpha value is -0.590. The first-order valence-corrected chi connectivity index (χ1v) is 3.95. The van der Waals surface area contributed by atoms with E-state index in [1.54, 1.807) is 0 Å². The minimum absolute atomic E-state index is 0.290. The molecule has 0 aliphatic heterocycles. The SMILES string of the molecule is C=C1CC(CCC)CC1=O. The van der Waals surface area contributed by atoms with Gasteiger partial charge >= 0.3 is 0 Å². The van der Waals surface area contributed by atoms with Crippen molar-refractivity contribution in [2.24, 2.45) is 5.92 Å². The molecule has 1 aliphatic rings. The second-order valence-corrected chi connectivity index (χ2v) is 3.09. The van der Waals surface area contributed by atoms with Crippen molar-refractivity contribution in [1.29, 1.82) is 0 Å². The van der Waals surface area contributed by atoms with Crippen molar-refractivity contribution in [2.45, 2.75) is 32.6 Å². The normalized spacial score (nSPS) is 25.9. The van der Waals surface area contributed by atoms with Gasteiger partial charge in [-0.3, -0.25) is 4.79 Å². The van der Waals surface area contributed by atoms with Crippen LogP contribution in [-0.2, 0) is 4.79 Å². The topological polar surface area (TPSA) is 17.1 Å². The van der Waals surface area contributed by atoms with Gasteiger partial charge in [0.25, 0.3) is 0 Å². The van der Waals surface area contributed by atoms with Gasteiger partial charge in [0, 0.05) is 6.42 Å². The molecule has 1 unspecified atom stereocenters. The van der Waals surface area contributed by atoms with Crippen LogP contribution in [0.2, 0.25) is 0 Å². The average Bonchev–Trinajstić information content (AvgIpc) is 2.14. The number of Topliss-reactive ketones (excluding diaryl/α,β-unsaturated/α-hetero) is 1. The zero-order valence-electron chi connectivity index (χ0n) is 6.52. The second-order valence-electron chi connectivity index (χ2n) is 3.09. The zero-order valence-corrected chi connectivity index (χ0v) is 6.52. The van der Waals surface area contributed by atoms with E-state index in [1.807, 2.05) is 0 Å². The molecule has 1 atom stereocenters. The number of allylic oxidation sites excluding steroid dienone is 1. The Balaban J connectivity index is 2.41. The van der Waals surface area contributed by atoms with Gasteiger partial charge in [0.2, 0.25) is 0 Å². The molecule has 1 heteroatoms. The molecular formula is C9H14O. The van der Waals surface area contributed by atoms with E-state index in [2.05, 4.69) is 13.5 Å². The first kappa shape index (κ1) is 7.52. The Labute approximate surface area is 62.1 Å². The van der Waals surface area contributed by atoms with E-state index in [1.165, 1.54) is 12.8 Å². The molecule has 0 spiro atoms. The lowest BCUT2D eigenvalue weighted by Gasteiger charge is -2.02. The number of ketones is 1. The molecule has 0 bridgehead atoms. The standard InChI is InChI=1S/C9H14O/c1-3-4-8-5-7(2)9(10)6-8/h8H,2-6H2,1H3. The highest BCUT2D eigenvalue weighted by atomic mass is 16.1. The molecule has 1 fully saturated rings. The highest BCUT2D eigenvalue weighted by Crippen LogP contribution is 2.28. The first-order chi connectivity index (χ1) is 4.74. The molecule has 1 nitrogen and oxygen atoms in total. The number of hydrogen-bond donors (Lipinski definition) is 0. The zero-order chi connectivity index (χ0) is 7.56. The van der Waals surface area contributed by atoms with Crippen LogP contribution in [0, 0.1) is 5.92 Å². The van der Waals surface area contributed by atoms with E-state index < -0.39 is 0 Å². The van der Waals surface area contributed by atoms with Crippen LogP contribution >= 0.6 is 0 Å². The second kappa shape index (κ2) is 3.00. The summed E-state index contributed by atoms with van der Waals surface area (Å²) in [6.45, 7) is 5.88. The van der Waals surface area contributed by atoms with Crippen LogP contribution in [0.1, 0.15) is 32.6 Å². The third-order valence-electron chi connectivity index (χ3n) is 2.10. The first-order valence-electron chi connectivity index (χ1n) is 3.95. The summed E-state index contributed by atoms with van der Waals surface area (Å²) in [7, 11) is 0. The highest BCUT2D eigenvalue weighted by molar-refractivity contribution is 5.97. The van der Waals surface area contributed by atoms with Crippen molar-refractivity contribution in [1.82, 2.24) is 0 Å². The molecule has 56 valence electrons. The van der Waals surface area contributed by atoms with Crippen molar-refractivity contribution in [2.75, 3.05) is 0 Å². The summed E-state index contributed by atoms with van der Waals surface area (Å²) in [6.07, 6.45) is 4.08. The summed E-state index contributed by atoms with van der Waals surface area (Å²) in [5.74, 6) is 0.906. The Morgan fingerprint density at radius 3 is 2.70 bits per heavy atom. The number of hydrogen-bond acceptors (Lipinski definition) is 1. The monoisotopic (exact) mass is 138 g/mol. The Morgan fingerprint density at radius 1 is 1.60 bits per heavy atom. The smallest absolute Gasteiger partial charge is 0.158 e. The van der Waals surface area contributed by atoms with Gasteiger partial charge in [-0.25, -0.2) is 0 Å². The minimum Gasteiger partial charge on any atom is -0.295 e. The molecule has 0 N–H and O–H groups in total. The highest BCUT2D eigenvalue weighted by Gasteiger charge is 2.24. The number of rotatable bonds is 2. The van der Waals surface area contributed by atoms with Crippen LogP contribution in [-0.4, -0.2) is 5.78 Å². The van der Waals surface area contributed by atoms with E-state index in [9.17, 15) is 4.79 Å². The lowest BCUT2D eigenvalue weighted by atomic mass is 10.0. The summed E-state index contributed by atoms with van der Waals surface area (Å²) in [5, 5.41) is 0. The predicted octanol–water partition coefficient (Wildman–Crippen LogP) is 2.32. The van der Waals surface area contributed by atoms with Crippen LogP contribution < -0.4 is 0 Å². The molecule has 0 amide bonds. The lowest BCUT2D eigenvalue weighted by molar-refractivity contribution is -0.114. The van der Waals surface area contributed by atoms with Gasteiger partial charge in [-0.15, -0.1) is 0 Å². The van der Waals surface area contributed by atoms with Gasteiger partial charge in [-0.2, -0.15) is 0 Å². The molecular weight excluding hydrogens is 124 g/mol. The molecule has 1 aliphatic carbocycles. The van der Waals surface area contributed by atoms with Gasteiger partial charge in [-0.05, 0) is 24.3 Å². The van der Waals surface area contributed by atoms with E-state index in [4.69, 9.17) is 0 Å². The Kier molecular flexibility index (Phi) is 2.25. The van der Waals surface area contributed by atoms with Gasteiger partial charge in [0.15, 0.2) is 5.78 Å². The summed E-state index contributed by atoms with van der Waals surface area (Å²) >= 11 is 0. The van der Waals surface area contributed by atoms with E-state index in [0.29, 0.717) is 11.7 Å². The van der Waals surface area contributed by atoms with Crippen LogP contribution in [0.5, 0.6) is 0 Å². The maximum atomic E-state index is 11.0. The summed E-state index contributed by atoms with van der Waals surface area (Å²) in [5.41, 5.74) is 0.846. The third-order valence-corrected chi connectivity index (χ3v) is 2.10. The molecule has 0 saturated heterocycles. The fourth-order valence-electron chi connectivity index (χ4n) is 1.55. The fourth-order valence-corrected chi connectivity index (χ4v) is 1.55. The van der Waals surface area contributed by atoms with Crippen molar-refractivity contribution in [3.63, 3.8) is 0 Å². The van der Waals surface area contributed by atoms with E-state index >= 15 is 0 Å². The van der Waals surface area contributed by atoms with E-state index in [-0.39, 0.29) is 0 Å². The van der Waals surface area contributed by atoms with Gasteiger partial charge in [0.05, 0.1) is 0 Å². The molecule has 1 rings (SSSR count). The van der Waals surface area contributed by atoms with Crippen molar-refractivity contribution in [3.05, 3.63) is 12.2 Å². The van der Waals surface area contributed by atoms with Crippen LogP contribution in [0.4, 0.5) is 0 Å². The molecule has 0 aromatic carbocycles. The van der Waals surface area contributed by atoms with Crippen LogP contribution in [0.15, 0.2) is 12.2 Å². The molecule has 0 aromatic heterocycles. The van der Waals surface area contributed by atoms with Crippen molar-refractivity contribution < 1.29 is 4.79 Å². The van der Waals surface area contributed by atoms with E-state index in [0.717, 1.165) is 18.4 Å². The summed E-state index contributed by atoms with van der Waals surface area (Å²) in [6, 6.07) is 0. The van der Waals surface area contributed by atoms with Crippen LogP contribution in [0.25, 0.3) is 0 Å². The third kappa shape index (κ3) is 1.47. The fraction of sp³-hybridized carbons (Fsp3) is 0.667.